The van der Waals surface area contributed by atoms with Crippen molar-refractivity contribution in [2.45, 2.75) is 65.5 Å². The molecule has 0 bridgehead atoms. The number of aromatic nitrogens is 1. The van der Waals surface area contributed by atoms with Gasteiger partial charge in [0.15, 0.2) is 0 Å². The number of aliphatic hydroxyl groups is 1. The quantitative estimate of drug-likeness (QED) is 0.681. The van der Waals surface area contributed by atoms with Gasteiger partial charge in [0.25, 0.3) is 0 Å². The Morgan fingerprint density at radius 2 is 1.83 bits per heavy atom. The third-order valence-corrected chi connectivity index (χ3v) is 5.23. The van der Waals surface area contributed by atoms with Gasteiger partial charge < -0.3 is 15.3 Å². The molecule has 1 aromatic rings. The number of rotatable bonds is 6. The molecule has 0 radical (unpaired) electrons. The maximum Gasteiger partial charge on any atom is 0.227 e. The number of hydrogen-bond acceptors (Lipinski definition) is 4. The minimum absolute atomic E-state index is 0. The topological polar surface area (TPSA) is 65.5 Å². The van der Waals surface area contributed by atoms with Crippen LogP contribution in [0.25, 0.3) is 0 Å². The second-order valence-corrected chi connectivity index (χ2v) is 9.41. The van der Waals surface area contributed by atoms with E-state index >= 15 is 0 Å². The number of amides is 1. The molecule has 5 nitrogen and oxygen atoms in total. The lowest BCUT2D eigenvalue weighted by atomic mass is 9.83. The molecule has 2 rings (SSSR count). The molecular weight excluding hydrogens is 416 g/mol. The van der Waals surface area contributed by atoms with Gasteiger partial charge >= 0.3 is 0 Å². The first kappa shape index (κ1) is 28.1. The first-order valence-electron chi connectivity index (χ1n) is 9.81. The van der Waals surface area contributed by atoms with Gasteiger partial charge in [0, 0.05) is 42.3 Å². The number of likely N-dealkylation sites (tertiary alicyclic amines) is 1. The number of aliphatic hydroxyl groups excluding tert-OH is 1. The molecule has 2 heterocycles. The van der Waals surface area contributed by atoms with E-state index in [2.05, 4.69) is 24.1 Å². The molecule has 1 amide bonds. The molecule has 0 saturated carbocycles. The molecule has 8 heteroatoms. The molecule has 0 spiro atoms. The largest absolute Gasteiger partial charge is 0.387 e. The minimum Gasteiger partial charge on any atom is -0.387 e. The Balaban J connectivity index is 0.00000392. The summed E-state index contributed by atoms with van der Waals surface area (Å²) in [6, 6.07) is 1.31. The molecule has 0 aromatic carbocycles. The van der Waals surface area contributed by atoms with E-state index in [1.54, 1.807) is 0 Å². The van der Waals surface area contributed by atoms with Crippen molar-refractivity contribution in [3.8, 4) is 0 Å². The molecule has 0 unspecified atom stereocenters. The Morgan fingerprint density at radius 1 is 1.24 bits per heavy atom. The Bertz CT molecular complexity index is 645. The van der Waals surface area contributed by atoms with Crippen LogP contribution in [0.4, 0.5) is 4.39 Å². The monoisotopic (exact) mass is 451 g/mol. The number of carbonyl (C=O) groups is 1. The first-order valence-corrected chi connectivity index (χ1v) is 9.81. The van der Waals surface area contributed by atoms with Crippen molar-refractivity contribution in [1.29, 1.82) is 0 Å². The molecule has 168 valence electrons. The summed E-state index contributed by atoms with van der Waals surface area (Å²) >= 11 is 0. The summed E-state index contributed by atoms with van der Waals surface area (Å²) in [7, 11) is 0. The minimum atomic E-state index is -0.793. The number of pyridine rings is 1. The van der Waals surface area contributed by atoms with Crippen LogP contribution in [0.1, 0.15) is 65.5 Å². The predicted octanol–water partition coefficient (Wildman–Crippen LogP) is 4.14. The number of β-amino-alcohol motifs (C(OH)–C–C–N with tert-alkyl or cyclic N) is 1. The second-order valence-electron chi connectivity index (χ2n) is 9.41. The highest BCUT2D eigenvalue weighted by Crippen LogP contribution is 2.29. The van der Waals surface area contributed by atoms with Crippen LogP contribution in [0, 0.1) is 17.2 Å². The van der Waals surface area contributed by atoms with Gasteiger partial charge in [-0.2, -0.15) is 0 Å². The zero-order valence-corrected chi connectivity index (χ0v) is 19.7. The van der Waals surface area contributed by atoms with Gasteiger partial charge in [-0.05, 0) is 45.1 Å². The van der Waals surface area contributed by atoms with Crippen molar-refractivity contribution >= 4 is 30.7 Å². The van der Waals surface area contributed by atoms with Crippen LogP contribution in [-0.2, 0) is 4.79 Å². The molecule has 1 aliphatic heterocycles. The standard InChI is InChI=1S/C21H34FN3O2.2ClH/c1-20(2,3)19(27)25-8-6-15(7-9-25)11-21(4,5)24-14-18(26)16-10-17(22)13-23-12-16;;/h10,12-13,15,18,24,26H,6-9,11,14H2,1-5H3;2*1H/t18-;;/m0../s1. The van der Waals surface area contributed by atoms with E-state index in [-0.39, 0.29) is 41.7 Å². The highest BCUT2D eigenvalue weighted by molar-refractivity contribution is 5.85. The predicted molar refractivity (Wildman–Crippen MR) is 119 cm³/mol. The number of nitrogens with one attached hydrogen (secondary N) is 1. The van der Waals surface area contributed by atoms with Gasteiger partial charge in [-0.25, -0.2) is 4.39 Å². The fourth-order valence-corrected chi connectivity index (χ4v) is 3.71. The van der Waals surface area contributed by atoms with E-state index in [0.717, 1.165) is 38.5 Å². The van der Waals surface area contributed by atoms with Crippen molar-refractivity contribution in [3.63, 3.8) is 0 Å². The van der Waals surface area contributed by atoms with E-state index in [0.29, 0.717) is 18.0 Å². The van der Waals surface area contributed by atoms with Crippen LogP contribution in [0.5, 0.6) is 0 Å². The summed E-state index contributed by atoms with van der Waals surface area (Å²) < 4.78 is 13.3. The van der Waals surface area contributed by atoms with E-state index in [9.17, 15) is 14.3 Å². The molecule has 1 aromatic heterocycles. The number of carbonyl (C=O) groups excluding carboxylic acids is 1. The van der Waals surface area contributed by atoms with Gasteiger partial charge in [-0.15, -0.1) is 24.8 Å². The zero-order valence-electron chi connectivity index (χ0n) is 18.1. The Hall–Kier alpha value is -0.950. The second kappa shape index (κ2) is 11.4. The lowest BCUT2D eigenvalue weighted by Crippen LogP contribution is -2.47. The zero-order chi connectivity index (χ0) is 20.2. The van der Waals surface area contributed by atoms with Crippen LogP contribution in [0.3, 0.4) is 0 Å². The smallest absolute Gasteiger partial charge is 0.227 e. The number of piperidine rings is 1. The van der Waals surface area contributed by atoms with Crippen LogP contribution >= 0.6 is 24.8 Å². The van der Waals surface area contributed by atoms with Crippen molar-refractivity contribution in [3.05, 3.63) is 29.8 Å². The Kier molecular flexibility index (Phi) is 11.1. The summed E-state index contributed by atoms with van der Waals surface area (Å²) in [6.45, 7) is 12.1. The summed E-state index contributed by atoms with van der Waals surface area (Å²) in [5.41, 5.74) is 0.00495. The Labute approximate surface area is 186 Å². The highest BCUT2D eigenvalue weighted by Gasteiger charge is 2.32. The molecule has 29 heavy (non-hydrogen) atoms. The average molecular weight is 452 g/mol. The lowest BCUT2D eigenvalue weighted by molar-refractivity contribution is -0.141. The third-order valence-electron chi connectivity index (χ3n) is 5.23. The lowest BCUT2D eigenvalue weighted by Gasteiger charge is -2.39. The first-order chi connectivity index (χ1) is 12.5. The molecule has 1 saturated heterocycles. The average Bonchev–Trinajstić information content (AvgIpc) is 2.58. The Morgan fingerprint density at radius 3 is 2.34 bits per heavy atom. The molecule has 2 N–H and O–H groups in total. The van der Waals surface area contributed by atoms with E-state index < -0.39 is 11.9 Å². The van der Waals surface area contributed by atoms with Gasteiger partial charge in [0.2, 0.25) is 5.91 Å². The summed E-state index contributed by atoms with van der Waals surface area (Å²) in [5.74, 6) is 0.331. The van der Waals surface area contributed by atoms with Crippen molar-refractivity contribution in [1.82, 2.24) is 15.2 Å². The van der Waals surface area contributed by atoms with Crippen LogP contribution in [0.15, 0.2) is 18.5 Å². The molecule has 0 aliphatic carbocycles. The molecule has 1 fully saturated rings. The van der Waals surface area contributed by atoms with Crippen LogP contribution in [0.2, 0.25) is 0 Å². The number of halogens is 3. The maximum absolute atomic E-state index is 13.3. The van der Waals surface area contributed by atoms with Crippen LogP contribution in [-0.4, -0.2) is 46.1 Å². The normalized spacial score (nSPS) is 16.6. The summed E-state index contributed by atoms with van der Waals surface area (Å²) in [4.78, 5) is 18.2. The van der Waals surface area contributed by atoms with Gasteiger partial charge in [-0.3, -0.25) is 9.78 Å². The maximum atomic E-state index is 13.3. The molecular formula is C21H36Cl2FN3O2. The van der Waals surface area contributed by atoms with Crippen molar-refractivity contribution < 1.29 is 14.3 Å². The van der Waals surface area contributed by atoms with E-state index in [1.165, 1.54) is 12.3 Å². The van der Waals surface area contributed by atoms with Crippen molar-refractivity contribution in [2.24, 2.45) is 11.3 Å². The third kappa shape index (κ3) is 8.75. The number of hydrogen-bond donors (Lipinski definition) is 2. The van der Waals surface area contributed by atoms with Gasteiger partial charge in [-0.1, -0.05) is 20.8 Å². The highest BCUT2D eigenvalue weighted by atomic mass is 35.5. The van der Waals surface area contributed by atoms with Gasteiger partial charge in [0.1, 0.15) is 5.82 Å². The van der Waals surface area contributed by atoms with Crippen molar-refractivity contribution in [2.75, 3.05) is 19.6 Å². The number of nitrogens with zero attached hydrogens (tertiary/aromatic N) is 2. The fourth-order valence-electron chi connectivity index (χ4n) is 3.71. The fraction of sp³-hybridized carbons (Fsp3) is 0.714. The SMILES string of the molecule is CC(C)(CC1CCN(C(=O)C(C)(C)C)CC1)NC[C@H](O)c1cncc(F)c1.Cl.Cl. The summed E-state index contributed by atoms with van der Waals surface area (Å²) in [6.07, 6.45) is 4.80. The molecule has 1 atom stereocenters. The molecule has 1 aliphatic rings. The van der Waals surface area contributed by atoms with Gasteiger partial charge in [0.05, 0.1) is 12.3 Å². The summed E-state index contributed by atoms with van der Waals surface area (Å²) in [5, 5.41) is 13.7. The van der Waals surface area contributed by atoms with E-state index in [1.807, 2.05) is 25.7 Å². The van der Waals surface area contributed by atoms with Crippen LogP contribution < -0.4 is 5.32 Å². The van der Waals surface area contributed by atoms with E-state index in [4.69, 9.17) is 0 Å².